The summed E-state index contributed by atoms with van der Waals surface area (Å²) in [5.41, 5.74) is 7.65. The number of anilines is 1. The molecule has 0 saturated carbocycles. The van der Waals surface area contributed by atoms with E-state index in [2.05, 4.69) is 5.32 Å². The number of thiophene rings is 1. The number of carbonyl (C=O) groups excluding carboxylic acids is 2. The third kappa shape index (κ3) is 3.71. The second-order valence-corrected chi connectivity index (χ2v) is 6.46. The van der Waals surface area contributed by atoms with Gasteiger partial charge in [-0.3, -0.25) is 9.59 Å². The zero-order valence-electron chi connectivity index (χ0n) is 12.6. The highest BCUT2D eigenvalue weighted by Gasteiger charge is 2.20. The Balaban J connectivity index is 1.71. The summed E-state index contributed by atoms with van der Waals surface area (Å²) in [5, 5.41) is 4.84. The maximum absolute atomic E-state index is 12.5. The van der Waals surface area contributed by atoms with E-state index in [1.165, 1.54) is 16.9 Å². The van der Waals surface area contributed by atoms with Crippen LogP contribution in [0.4, 0.5) is 5.69 Å². The molecule has 2 aromatic rings. The number of carbonyl (C=O) groups is 2. The molecule has 1 aromatic heterocycles. The minimum Gasteiger partial charge on any atom is -0.484 e. The fraction of sp³-hybridized carbons (Fsp3) is 0.294. The van der Waals surface area contributed by atoms with Crippen molar-refractivity contribution in [1.82, 2.24) is 0 Å². The monoisotopic (exact) mass is 330 g/mol. The van der Waals surface area contributed by atoms with E-state index in [0.717, 1.165) is 24.8 Å². The van der Waals surface area contributed by atoms with Crippen LogP contribution in [0.25, 0.3) is 0 Å². The summed E-state index contributed by atoms with van der Waals surface area (Å²) in [4.78, 5) is 24.6. The third-order valence-corrected chi connectivity index (χ3v) is 4.87. The van der Waals surface area contributed by atoms with Gasteiger partial charge in [0.15, 0.2) is 6.61 Å². The number of fused-ring (bicyclic) bond motifs is 1. The van der Waals surface area contributed by atoms with E-state index >= 15 is 0 Å². The van der Waals surface area contributed by atoms with Gasteiger partial charge < -0.3 is 15.8 Å². The van der Waals surface area contributed by atoms with Crippen molar-refractivity contribution in [3.8, 4) is 5.75 Å². The summed E-state index contributed by atoms with van der Waals surface area (Å²) in [6, 6.07) is 6.94. The van der Waals surface area contributed by atoms with Crippen LogP contribution in [0.3, 0.4) is 0 Å². The fourth-order valence-corrected chi connectivity index (χ4v) is 3.83. The predicted molar refractivity (Wildman–Crippen MR) is 90.0 cm³/mol. The first-order valence-electron chi connectivity index (χ1n) is 7.55. The molecule has 1 aliphatic carbocycles. The Hall–Kier alpha value is -2.34. The second kappa shape index (κ2) is 6.83. The molecule has 0 atom stereocenters. The van der Waals surface area contributed by atoms with E-state index < -0.39 is 5.91 Å². The molecular formula is C17H18N2O3S. The number of hydrogen-bond donors (Lipinski definition) is 2. The van der Waals surface area contributed by atoms with Crippen molar-refractivity contribution in [3.63, 3.8) is 0 Å². The molecule has 0 bridgehead atoms. The predicted octanol–water partition coefficient (Wildman–Crippen LogP) is 2.74. The number of hydrogen-bond acceptors (Lipinski definition) is 4. The number of nitrogens with two attached hydrogens (primary N) is 1. The molecule has 0 aliphatic heterocycles. The van der Waals surface area contributed by atoms with Gasteiger partial charge in [-0.2, -0.15) is 0 Å². The summed E-state index contributed by atoms with van der Waals surface area (Å²) >= 11 is 1.67. The third-order valence-electron chi connectivity index (χ3n) is 3.78. The zero-order valence-corrected chi connectivity index (χ0v) is 13.4. The minimum absolute atomic E-state index is 0.101. The van der Waals surface area contributed by atoms with Crippen LogP contribution >= 0.6 is 11.3 Å². The molecule has 3 N–H and O–H groups in total. The molecule has 3 rings (SSSR count). The maximum Gasteiger partial charge on any atom is 0.256 e. The number of aryl methyl sites for hydroxylation is 1. The summed E-state index contributed by atoms with van der Waals surface area (Å²) < 4.78 is 5.25. The van der Waals surface area contributed by atoms with Gasteiger partial charge in [-0.05, 0) is 43.4 Å². The smallest absolute Gasteiger partial charge is 0.256 e. The van der Waals surface area contributed by atoms with Crippen molar-refractivity contribution < 1.29 is 14.3 Å². The normalized spacial score (nSPS) is 13.2. The number of rotatable bonds is 5. The van der Waals surface area contributed by atoms with E-state index in [1.807, 2.05) is 5.38 Å². The first-order chi connectivity index (χ1) is 11.1. The van der Waals surface area contributed by atoms with Gasteiger partial charge in [-0.25, -0.2) is 0 Å². The van der Waals surface area contributed by atoms with E-state index in [-0.39, 0.29) is 12.5 Å². The topological polar surface area (TPSA) is 81.4 Å². The molecule has 1 heterocycles. The molecule has 6 heteroatoms. The molecule has 2 amide bonds. The first-order valence-corrected chi connectivity index (χ1v) is 8.43. The molecule has 0 saturated heterocycles. The van der Waals surface area contributed by atoms with Crippen LogP contribution in [0.1, 0.15) is 33.6 Å². The van der Waals surface area contributed by atoms with Crippen LogP contribution in [-0.4, -0.2) is 18.4 Å². The van der Waals surface area contributed by atoms with E-state index in [0.29, 0.717) is 11.4 Å². The van der Waals surface area contributed by atoms with Gasteiger partial charge >= 0.3 is 0 Å². The van der Waals surface area contributed by atoms with Gasteiger partial charge in [-0.15, -0.1) is 11.3 Å². The molecule has 1 aliphatic rings. The van der Waals surface area contributed by atoms with Crippen molar-refractivity contribution in [2.75, 3.05) is 11.9 Å². The van der Waals surface area contributed by atoms with Crippen molar-refractivity contribution in [3.05, 3.63) is 45.6 Å². The van der Waals surface area contributed by atoms with Crippen LogP contribution in [0, 0.1) is 0 Å². The highest BCUT2D eigenvalue weighted by atomic mass is 32.1. The Morgan fingerprint density at radius 2 is 2.09 bits per heavy atom. The average molecular weight is 330 g/mol. The summed E-state index contributed by atoms with van der Waals surface area (Å²) in [7, 11) is 0. The number of ether oxygens (including phenoxy) is 1. The molecule has 0 radical (unpaired) electrons. The first kappa shape index (κ1) is 15.6. The largest absolute Gasteiger partial charge is 0.484 e. The highest BCUT2D eigenvalue weighted by molar-refractivity contribution is 7.10. The molecule has 5 nitrogen and oxygen atoms in total. The lowest BCUT2D eigenvalue weighted by Crippen LogP contribution is -2.20. The number of nitrogens with one attached hydrogen (secondary N) is 1. The Labute approximate surface area is 138 Å². The molecule has 23 heavy (non-hydrogen) atoms. The van der Waals surface area contributed by atoms with Crippen LogP contribution in [-0.2, 0) is 17.6 Å². The highest BCUT2D eigenvalue weighted by Crippen LogP contribution is 2.30. The van der Waals surface area contributed by atoms with E-state index in [1.54, 1.807) is 35.6 Å². The van der Waals surface area contributed by atoms with Crippen molar-refractivity contribution in [2.45, 2.75) is 25.7 Å². The maximum atomic E-state index is 12.5. The lowest BCUT2D eigenvalue weighted by atomic mass is 9.95. The standard InChI is InChI=1S/C17H18N2O3S/c18-16(20)9-22-12-5-3-4-11(8-12)19-17(21)14-10-23-15-7-2-1-6-13(14)15/h3-5,8,10H,1-2,6-7,9H2,(H2,18,20)(H,19,21). The van der Waals surface area contributed by atoms with Crippen LogP contribution < -0.4 is 15.8 Å². The molecule has 0 fully saturated rings. The SMILES string of the molecule is NC(=O)COc1cccc(NC(=O)c2csc3c2CCCC3)c1. The van der Waals surface area contributed by atoms with E-state index in [4.69, 9.17) is 10.5 Å². The van der Waals surface area contributed by atoms with Gasteiger partial charge in [0.05, 0.1) is 5.56 Å². The van der Waals surface area contributed by atoms with Crippen LogP contribution in [0.5, 0.6) is 5.75 Å². The van der Waals surface area contributed by atoms with Crippen molar-refractivity contribution in [2.24, 2.45) is 5.73 Å². The Kier molecular flexibility index (Phi) is 4.62. The average Bonchev–Trinajstić information content (AvgIpc) is 2.97. The lowest BCUT2D eigenvalue weighted by Gasteiger charge is -2.13. The molecule has 120 valence electrons. The lowest BCUT2D eigenvalue weighted by molar-refractivity contribution is -0.119. The number of benzene rings is 1. The van der Waals surface area contributed by atoms with Crippen LogP contribution in [0.2, 0.25) is 0 Å². The molecule has 0 unspecified atom stereocenters. The van der Waals surface area contributed by atoms with Gasteiger partial charge in [0.25, 0.3) is 11.8 Å². The molecule has 1 aromatic carbocycles. The number of amides is 2. The minimum atomic E-state index is -0.538. The summed E-state index contributed by atoms with van der Waals surface area (Å²) in [5.74, 6) is -0.144. The Morgan fingerprint density at radius 3 is 2.91 bits per heavy atom. The van der Waals surface area contributed by atoms with Gasteiger partial charge in [-0.1, -0.05) is 6.07 Å². The van der Waals surface area contributed by atoms with E-state index in [9.17, 15) is 9.59 Å². The van der Waals surface area contributed by atoms with Gasteiger partial charge in [0.1, 0.15) is 5.75 Å². The van der Waals surface area contributed by atoms with Crippen LogP contribution in [0.15, 0.2) is 29.6 Å². The molecular weight excluding hydrogens is 312 g/mol. The Morgan fingerprint density at radius 1 is 1.26 bits per heavy atom. The zero-order chi connectivity index (χ0) is 16.2. The number of primary amides is 1. The fourth-order valence-electron chi connectivity index (χ4n) is 2.70. The molecule has 0 spiro atoms. The van der Waals surface area contributed by atoms with Crippen molar-refractivity contribution in [1.29, 1.82) is 0 Å². The van der Waals surface area contributed by atoms with Gasteiger partial charge in [0, 0.05) is 22.0 Å². The second-order valence-electron chi connectivity index (χ2n) is 5.50. The van der Waals surface area contributed by atoms with Crippen molar-refractivity contribution >= 4 is 28.8 Å². The van der Waals surface area contributed by atoms with Gasteiger partial charge in [0.2, 0.25) is 0 Å². The summed E-state index contributed by atoms with van der Waals surface area (Å²) in [6.45, 7) is -0.185. The quantitative estimate of drug-likeness (QED) is 0.884. The summed E-state index contributed by atoms with van der Waals surface area (Å²) in [6.07, 6.45) is 4.39. The Bertz CT molecular complexity index is 739.